The molecular formula is C17H27ClN4O. The minimum atomic E-state index is -0.0626. The van der Waals surface area contributed by atoms with Crippen molar-refractivity contribution >= 4 is 17.6 Å². The van der Waals surface area contributed by atoms with E-state index in [1.807, 2.05) is 25.1 Å². The fraction of sp³-hybridized carbons (Fsp3) is 0.588. The summed E-state index contributed by atoms with van der Waals surface area (Å²) in [5.41, 5.74) is 5.95. The standard InChI is InChI=1S/C17H27ClN4O/c1-3-22-9-5-7-15(22)12-21-17(19)20-11-13(2)23-16-8-4-6-14(18)10-16/h4,6,8,10,13,15H,3,5,7,9,11-12H2,1-2H3,(H3,19,20,21). The van der Waals surface area contributed by atoms with Gasteiger partial charge in [0.05, 0.1) is 6.54 Å². The molecule has 0 aliphatic carbocycles. The van der Waals surface area contributed by atoms with E-state index in [9.17, 15) is 0 Å². The molecule has 3 N–H and O–H groups in total. The fourth-order valence-electron chi connectivity index (χ4n) is 2.86. The number of nitrogens with zero attached hydrogens (tertiary/aromatic N) is 2. The van der Waals surface area contributed by atoms with Crippen LogP contribution < -0.4 is 15.8 Å². The van der Waals surface area contributed by atoms with Gasteiger partial charge in [0.1, 0.15) is 11.9 Å². The molecule has 1 heterocycles. The quantitative estimate of drug-likeness (QED) is 0.592. The summed E-state index contributed by atoms with van der Waals surface area (Å²) in [6.07, 6.45) is 2.43. The number of halogens is 1. The molecule has 1 saturated heterocycles. The number of likely N-dealkylation sites (tertiary alicyclic amines) is 1. The molecule has 0 spiro atoms. The van der Waals surface area contributed by atoms with Gasteiger partial charge in [0.2, 0.25) is 0 Å². The highest BCUT2D eigenvalue weighted by atomic mass is 35.5. The van der Waals surface area contributed by atoms with E-state index in [4.69, 9.17) is 22.1 Å². The van der Waals surface area contributed by atoms with Crippen LogP contribution in [0, 0.1) is 0 Å². The highest BCUT2D eigenvalue weighted by molar-refractivity contribution is 6.30. The molecule has 2 atom stereocenters. The molecule has 5 nitrogen and oxygen atoms in total. The van der Waals surface area contributed by atoms with Crippen molar-refractivity contribution in [3.8, 4) is 5.75 Å². The number of aliphatic imine (C=N–C) groups is 1. The third kappa shape index (κ3) is 5.92. The van der Waals surface area contributed by atoms with Crippen LogP contribution in [0.15, 0.2) is 29.3 Å². The molecule has 1 aliphatic rings. The summed E-state index contributed by atoms with van der Waals surface area (Å²) in [4.78, 5) is 6.84. The minimum absolute atomic E-state index is 0.0626. The molecule has 0 amide bonds. The van der Waals surface area contributed by atoms with Crippen molar-refractivity contribution in [2.75, 3.05) is 26.2 Å². The van der Waals surface area contributed by atoms with Gasteiger partial charge in [0.25, 0.3) is 0 Å². The molecule has 0 aromatic heterocycles. The summed E-state index contributed by atoms with van der Waals surface area (Å²) in [6, 6.07) is 7.93. The summed E-state index contributed by atoms with van der Waals surface area (Å²) < 4.78 is 5.77. The van der Waals surface area contributed by atoms with Gasteiger partial charge in [0, 0.05) is 17.6 Å². The lowest BCUT2D eigenvalue weighted by Crippen LogP contribution is -2.43. The van der Waals surface area contributed by atoms with Crippen molar-refractivity contribution in [1.29, 1.82) is 0 Å². The third-order valence-electron chi connectivity index (χ3n) is 4.08. The monoisotopic (exact) mass is 338 g/mol. The van der Waals surface area contributed by atoms with Crippen LogP contribution >= 0.6 is 11.6 Å². The first-order valence-electron chi connectivity index (χ1n) is 8.28. The van der Waals surface area contributed by atoms with Crippen molar-refractivity contribution in [1.82, 2.24) is 10.2 Å². The van der Waals surface area contributed by atoms with Crippen molar-refractivity contribution in [2.24, 2.45) is 10.7 Å². The number of ether oxygens (including phenoxy) is 1. The molecule has 0 bridgehead atoms. The molecule has 0 saturated carbocycles. The number of hydrogen-bond acceptors (Lipinski definition) is 3. The van der Waals surface area contributed by atoms with Crippen LogP contribution in [0.4, 0.5) is 0 Å². The lowest BCUT2D eigenvalue weighted by atomic mass is 10.2. The number of nitrogens with one attached hydrogen (secondary N) is 1. The molecule has 0 radical (unpaired) electrons. The first kappa shape index (κ1) is 17.9. The van der Waals surface area contributed by atoms with Crippen LogP contribution in [0.2, 0.25) is 5.02 Å². The highest BCUT2D eigenvalue weighted by Crippen LogP contribution is 2.18. The Hall–Kier alpha value is -1.46. The Kier molecular flexibility index (Phi) is 6.99. The van der Waals surface area contributed by atoms with Gasteiger partial charge in [-0.1, -0.05) is 24.6 Å². The Morgan fingerprint density at radius 1 is 1.57 bits per heavy atom. The SMILES string of the molecule is CCN1CCCC1CNC(N)=NCC(C)Oc1cccc(Cl)c1. The van der Waals surface area contributed by atoms with Crippen LogP contribution in [0.3, 0.4) is 0 Å². The van der Waals surface area contributed by atoms with Crippen molar-refractivity contribution in [3.05, 3.63) is 29.3 Å². The van der Waals surface area contributed by atoms with E-state index in [1.165, 1.54) is 19.4 Å². The summed E-state index contributed by atoms with van der Waals surface area (Å²) in [6.45, 7) is 7.80. The normalized spacial score (nSPS) is 20.5. The van der Waals surface area contributed by atoms with Crippen molar-refractivity contribution < 1.29 is 4.74 Å². The number of hydrogen-bond donors (Lipinski definition) is 2. The van der Waals surface area contributed by atoms with Gasteiger partial charge >= 0.3 is 0 Å². The zero-order valence-electron chi connectivity index (χ0n) is 14.0. The van der Waals surface area contributed by atoms with Gasteiger partial charge in [0.15, 0.2) is 5.96 Å². The molecular weight excluding hydrogens is 312 g/mol. The van der Waals surface area contributed by atoms with Gasteiger partial charge in [-0.05, 0) is 51.1 Å². The topological polar surface area (TPSA) is 62.9 Å². The largest absolute Gasteiger partial charge is 0.489 e. The van der Waals surface area contributed by atoms with Crippen LogP contribution in [0.5, 0.6) is 5.75 Å². The second-order valence-corrected chi connectivity index (χ2v) is 6.35. The lowest BCUT2D eigenvalue weighted by Gasteiger charge is -2.23. The highest BCUT2D eigenvalue weighted by Gasteiger charge is 2.22. The molecule has 1 aromatic rings. The zero-order chi connectivity index (χ0) is 16.7. The fourth-order valence-corrected chi connectivity index (χ4v) is 3.04. The number of guanidine groups is 1. The maximum atomic E-state index is 5.95. The Labute approximate surface area is 143 Å². The minimum Gasteiger partial charge on any atom is -0.489 e. The molecule has 23 heavy (non-hydrogen) atoms. The van der Waals surface area contributed by atoms with Crippen LogP contribution in [0.25, 0.3) is 0 Å². The Morgan fingerprint density at radius 3 is 3.13 bits per heavy atom. The van der Waals surface area contributed by atoms with Crippen LogP contribution in [-0.4, -0.2) is 49.2 Å². The maximum Gasteiger partial charge on any atom is 0.188 e. The van der Waals surface area contributed by atoms with E-state index in [0.717, 1.165) is 18.8 Å². The molecule has 6 heteroatoms. The van der Waals surface area contributed by atoms with Crippen molar-refractivity contribution in [2.45, 2.75) is 38.8 Å². The Balaban J connectivity index is 1.73. The van der Waals surface area contributed by atoms with Gasteiger partial charge in [-0.3, -0.25) is 4.90 Å². The maximum absolute atomic E-state index is 5.95. The van der Waals surface area contributed by atoms with Gasteiger partial charge in [-0.15, -0.1) is 0 Å². The summed E-state index contributed by atoms with van der Waals surface area (Å²) >= 11 is 5.94. The summed E-state index contributed by atoms with van der Waals surface area (Å²) in [5, 5.41) is 3.89. The van der Waals surface area contributed by atoms with E-state index in [2.05, 4.69) is 22.1 Å². The van der Waals surface area contributed by atoms with E-state index in [-0.39, 0.29) is 6.10 Å². The van der Waals surface area contributed by atoms with Gasteiger partial charge in [-0.25, -0.2) is 4.99 Å². The number of nitrogens with two attached hydrogens (primary N) is 1. The Bertz CT molecular complexity index is 523. The van der Waals surface area contributed by atoms with Gasteiger partial charge in [-0.2, -0.15) is 0 Å². The number of rotatable bonds is 7. The number of likely N-dealkylation sites (N-methyl/N-ethyl adjacent to an activating group) is 1. The van der Waals surface area contributed by atoms with Crippen molar-refractivity contribution in [3.63, 3.8) is 0 Å². The summed E-state index contributed by atoms with van der Waals surface area (Å²) in [5.74, 6) is 1.23. The molecule has 1 aliphatic heterocycles. The predicted octanol–water partition coefficient (Wildman–Crippen LogP) is 2.50. The predicted molar refractivity (Wildman–Crippen MR) is 96.3 cm³/mol. The molecule has 1 fully saturated rings. The molecule has 2 rings (SSSR count). The zero-order valence-corrected chi connectivity index (χ0v) is 14.7. The third-order valence-corrected chi connectivity index (χ3v) is 4.31. The van der Waals surface area contributed by atoms with Crippen LogP contribution in [0.1, 0.15) is 26.7 Å². The lowest BCUT2D eigenvalue weighted by molar-refractivity contribution is 0.230. The second kappa shape index (κ2) is 8.99. The van der Waals surface area contributed by atoms with E-state index >= 15 is 0 Å². The molecule has 128 valence electrons. The average Bonchev–Trinajstić information content (AvgIpc) is 2.98. The van der Waals surface area contributed by atoms with E-state index in [0.29, 0.717) is 23.6 Å². The van der Waals surface area contributed by atoms with Gasteiger partial charge < -0.3 is 15.8 Å². The average molecular weight is 339 g/mol. The smallest absolute Gasteiger partial charge is 0.188 e. The Morgan fingerprint density at radius 2 is 2.39 bits per heavy atom. The summed E-state index contributed by atoms with van der Waals surface area (Å²) in [7, 11) is 0. The van der Waals surface area contributed by atoms with E-state index in [1.54, 1.807) is 6.07 Å². The molecule has 2 unspecified atom stereocenters. The van der Waals surface area contributed by atoms with E-state index < -0.39 is 0 Å². The first-order chi connectivity index (χ1) is 11.1. The first-order valence-corrected chi connectivity index (χ1v) is 8.66. The van der Waals surface area contributed by atoms with Crippen LogP contribution in [-0.2, 0) is 0 Å². The number of benzene rings is 1. The second-order valence-electron chi connectivity index (χ2n) is 5.92. The molecule has 1 aromatic carbocycles.